The molecule has 1 aliphatic heterocycles. The molecule has 1 aliphatic rings. The van der Waals surface area contributed by atoms with Crippen molar-refractivity contribution in [2.45, 2.75) is 19.4 Å². The molecule has 1 aromatic carbocycles. The van der Waals surface area contributed by atoms with Crippen LogP contribution in [0.2, 0.25) is 0 Å². The summed E-state index contributed by atoms with van der Waals surface area (Å²) in [6.07, 6.45) is 2.85. The summed E-state index contributed by atoms with van der Waals surface area (Å²) in [5.41, 5.74) is 7.35. The van der Waals surface area contributed by atoms with Gasteiger partial charge in [0.15, 0.2) is 0 Å². The molecule has 2 nitrogen and oxygen atoms in total. The van der Waals surface area contributed by atoms with Crippen LogP contribution in [0.4, 0.5) is 4.39 Å². The zero-order valence-corrected chi connectivity index (χ0v) is 8.66. The number of hydrogen-bond acceptors (Lipinski definition) is 2. The Bertz CT molecular complexity index is 401. The number of hydrogen-bond donors (Lipinski definition) is 1. The van der Waals surface area contributed by atoms with Crippen molar-refractivity contribution in [2.75, 3.05) is 6.61 Å². The van der Waals surface area contributed by atoms with Crippen LogP contribution in [-0.2, 0) is 4.74 Å². The minimum absolute atomic E-state index is 0.221. The van der Waals surface area contributed by atoms with Crippen molar-refractivity contribution < 1.29 is 9.13 Å². The third-order valence-corrected chi connectivity index (χ3v) is 2.59. The molecule has 80 valence electrons. The smallest absolute Gasteiger partial charge is 0.126 e. The minimum atomic E-state index is -0.345. The average Bonchev–Trinajstić information content (AvgIpc) is 2.74. The van der Waals surface area contributed by atoms with E-state index in [-0.39, 0.29) is 11.9 Å². The number of benzene rings is 1. The second-order valence-corrected chi connectivity index (χ2v) is 3.73. The van der Waals surface area contributed by atoms with Gasteiger partial charge in [-0.2, -0.15) is 0 Å². The first-order valence-corrected chi connectivity index (χ1v) is 5.03. The van der Waals surface area contributed by atoms with Crippen molar-refractivity contribution in [1.29, 1.82) is 0 Å². The molecule has 0 bridgehead atoms. The van der Waals surface area contributed by atoms with Crippen LogP contribution in [0.15, 0.2) is 30.0 Å². The molecule has 15 heavy (non-hydrogen) atoms. The van der Waals surface area contributed by atoms with Crippen LogP contribution in [0.1, 0.15) is 23.6 Å². The molecule has 0 aromatic heterocycles. The Balaban J connectivity index is 2.25. The van der Waals surface area contributed by atoms with Gasteiger partial charge >= 0.3 is 0 Å². The summed E-state index contributed by atoms with van der Waals surface area (Å²) in [5.74, 6) is 0.528. The van der Waals surface area contributed by atoms with Crippen LogP contribution in [0.5, 0.6) is 0 Å². The second-order valence-electron chi connectivity index (χ2n) is 3.73. The number of aryl methyl sites for hydroxylation is 1. The molecule has 0 aliphatic carbocycles. The fourth-order valence-corrected chi connectivity index (χ4v) is 1.62. The lowest BCUT2D eigenvalue weighted by molar-refractivity contribution is 0.225. The summed E-state index contributed by atoms with van der Waals surface area (Å²) in [4.78, 5) is 0. The van der Waals surface area contributed by atoms with Crippen LogP contribution < -0.4 is 5.73 Å². The van der Waals surface area contributed by atoms with Crippen LogP contribution in [0.25, 0.3) is 0 Å². The van der Waals surface area contributed by atoms with Crippen molar-refractivity contribution in [3.8, 4) is 0 Å². The summed E-state index contributed by atoms with van der Waals surface area (Å²) in [7, 11) is 0. The zero-order chi connectivity index (χ0) is 10.8. The van der Waals surface area contributed by atoms with E-state index < -0.39 is 0 Å². The topological polar surface area (TPSA) is 35.2 Å². The lowest BCUT2D eigenvalue weighted by atomic mass is 10.0. The normalized spacial score (nSPS) is 17.1. The number of ether oxygens (including phenoxy) is 1. The molecule has 1 unspecified atom stereocenters. The van der Waals surface area contributed by atoms with E-state index in [1.54, 1.807) is 13.0 Å². The summed E-state index contributed by atoms with van der Waals surface area (Å²) >= 11 is 0. The molecule has 2 rings (SSSR count). The van der Waals surface area contributed by atoms with E-state index in [0.717, 1.165) is 17.7 Å². The van der Waals surface area contributed by atoms with Gasteiger partial charge in [0.05, 0.1) is 12.6 Å². The molecular formula is C12H14FNO. The SMILES string of the molecule is Cc1ccc(C(N)C2=CCCO2)cc1F. The largest absolute Gasteiger partial charge is 0.496 e. The van der Waals surface area contributed by atoms with E-state index >= 15 is 0 Å². The predicted octanol–water partition coefficient (Wildman–Crippen LogP) is 2.44. The quantitative estimate of drug-likeness (QED) is 0.808. The fourth-order valence-electron chi connectivity index (χ4n) is 1.62. The maximum atomic E-state index is 13.3. The van der Waals surface area contributed by atoms with E-state index in [1.165, 1.54) is 6.07 Å². The molecule has 1 atom stereocenters. The third kappa shape index (κ3) is 2.02. The number of nitrogens with two attached hydrogens (primary N) is 1. The Kier molecular flexibility index (Phi) is 2.73. The van der Waals surface area contributed by atoms with Gasteiger partial charge in [-0.25, -0.2) is 4.39 Å². The fraction of sp³-hybridized carbons (Fsp3) is 0.333. The number of rotatable bonds is 2. The van der Waals surface area contributed by atoms with Gasteiger partial charge in [0, 0.05) is 6.42 Å². The summed E-state index contributed by atoms with van der Waals surface area (Å²) in [5, 5.41) is 0. The van der Waals surface area contributed by atoms with E-state index in [4.69, 9.17) is 10.5 Å². The summed E-state index contributed by atoms with van der Waals surface area (Å²) in [6, 6.07) is 4.70. The standard InChI is InChI=1S/C12H14FNO/c1-8-4-5-9(7-10(8)13)12(14)11-3-2-6-15-11/h3-5,7,12H,2,6,14H2,1H3. The van der Waals surface area contributed by atoms with Crippen LogP contribution in [0, 0.1) is 12.7 Å². The second kappa shape index (κ2) is 4.03. The monoisotopic (exact) mass is 207 g/mol. The molecular weight excluding hydrogens is 193 g/mol. The molecule has 0 amide bonds. The van der Waals surface area contributed by atoms with Crippen molar-refractivity contribution >= 4 is 0 Å². The Labute approximate surface area is 88.5 Å². The van der Waals surface area contributed by atoms with Gasteiger partial charge in [0.25, 0.3) is 0 Å². The first kappa shape index (κ1) is 10.2. The van der Waals surface area contributed by atoms with Crippen LogP contribution >= 0.6 is 0 Å². The molecule has 2 N–H and O–H groups in total. The highest BCUT2D eigenvalue weighted by molar-refractivity contribution is 5.30. The Morgan fingerprint density at radius 1 is 1.47 bits per heavy atom. The molecule has 1 aromatic rings. The van der Waals surface area contributed by atoms with E-state index in [9.17, 15) is 4.39 Å². The van der Waals surface area contributed by atoms with Gasteiger partial charge in [-0.05, 0) is 30.2 Å². The molecule has 0 fully saturated rings. The van der Waals surface area contributed by atoms with Crippen LogP contribution in [-0.4, -0.2) is 6.61 Å². The Morgan fingerprint density at radius 2 is 2.27 bits per heavy atom. The minimum Gasteiger partial charge on any atom is -0.496 e. The summed E-state index contributed by atoms with van der Waals surface area (Å²) < 4.78 is 18.7. The molecule has 3 heteroatoms. The average molecular weight is 207 g/mol. The van der Waals surface area contributed by atoms with Gasteiger partial charge in [0.2, 0.25) is 0 Å². The first-order chi connectivity index (χ1) is 7.18. The Hall–Kier alpha value is -1.35. The van der Waals surface area contributed by atoms with E-state index in [1.807, 2.05) is 12.1 Å². The third-order valence-electron chi connectivity index (χ3n) is 2.59. The first-order valence-electron chi connectivity index (χ1n) is 5.03. The van der Waals surface area contributed by atoms with Gasteiger partial charge in [0.1, 0.15) is 11.6 Å². The molecule has 0 saturated heterocycles. The van der Waals surface area contributed by atoms with Gasteiger partial charge in [-0.3, -0.25) is 0 Å². The molecule has 1 heterocycles. The van der Waals surface area contributed by atoms with Gasteiger partial charge < -0.3 is 10.5 Å². The van der Waals surface area contributed by atoms with E-state index in [2.05, 4.69) is 0 Å². The summed E-state index contributed by atoms with van der Waals surface area (Å²) in [6.45, 7) is 2.41. The molecule has 0 radical (unpaired) electrons. The van der Waals surface area contributed by atoms with Crippen molar-refractivity contribution in [1.82, 2.24) is 0 Å². The highest BCUT2D eigenvalue weighted by atomic mass is 19.1. The Morgan fingerprint density at radius 3 is 2.87 bits per heavy atom. The van der Waals surface area contributed by atoms with Crippen molar-refractivity contribution in [3.63, 3.8) is 0 Å². The highest BCUT2D eigenvalue weighted by Gasteiger charge is 2.17. The van der Waals surface area contributed by atoms with Crippen LogP contribution in [0.3, 0.4) is 0 Å². The molecule has 0 saturated carbocycles. The van der Waals surface area contributed by atoms with Crippen molar-refractivity contribution in [2.24, 2.45) is 5.73 Å². The lowest BCUT2D eigenvalue weighted by Gasteiger charge is -2.14. The maximum absolute atomic E-state index is 13.3. The predicted molar refractivity (Wildman–Crippen MR) is 56.7 cm³/mol. The molecule has 0 spiro atoms. The maximum Gasteiger partial charge on any atom is 0.126 e. The highest BCUT2D eigenvalue weighted by Crippen LogP contribution is 2.25. The lowest BCUT2D eigenvalue weighted by Crippen LogP contribution is -2.14. The van der Waals surface area contributed by atoms with Gasteiger partial charge in [-0.1, -0.05) is 12.1 Å². The zero-order valence-electron chi connectivity index (χ0n) is 8.66. The van der Waals surface area contributed by atoms with Gasteiger partial charge in [-0.15, -0.1) is 0 Å². The number of halogens is 1. The van der Waals surface area contributed by atoms with Crippen molar-refractivity contribution in [3.05, 3.63) is 47.0 Å². The van der Waals surface area contributed by atoms with E-state index in [0.29, 0.717) is 12.2 Å².